The third kappa shape index (κ3) is 1.96. The van der Waals surface area contributed by atoms with Crippen molar-refractivity contribution >= 4 is 11.4 Å². The van der Waals surface area contributed by atoms with Crippen molar-refractivity contribution < 1.29 is 4.74 Å². The number of ether oxygens (including phenoxy) is 1. The maximum atomic E-state index is 10.4. The SMILES string of the molecule is COc1ccc(N(C)C)cc1N=O. The first-order chi connectivity index (χ1) is 6.19. The van der Waals surface area contributed by atoms with Gasteiger partial charge < -0.3 is 9.64 Å². The summed E-state index contributed by atoms with van der Waals surface area (Å²) in [6.45, 7) is 0. The molecule has 0 aliphatic rings. The minimum Gasteiger partial charge on any atom is -0.494 e. The molecular weight excluding hydrogens is 168 g/mol. The first-order valence-electron chi connectivity index (χ1n) is 3.87. The van der Waals surface area contributed by atoms with Crippen molar-refractivity contribution in [3.05, 3.63) is 23.1 Å². The van der Waals surface area contributed by atoms with E-state index < -0.39 is 0 Å². The number of hydrogen-bond donors (Lipinski definition) is 0. The van der Waals surface area contributed by atoms with E-state index in [4.69, 9.17) is 4.74 Å². The van der Waals surface area contributed by atoms with Crippen LogP contribution in [0.1, 0.15) is 0 Å². The molecule has 0 spiro atoms. The van der Waals surface area contributed by atoms with E-state index >= 15 is 0 Å². The molecule has 1 aromatic carbocycles. The number of methoxy groups -OCH3 is 1. The molecule has 0 bridgehead atoms. The Balaban J connectivity index is 3.13. The Bertz CT molecular complexity index is 310. The van der Waals surface area contributed by atoms with Gasteiger partial charge in [-0.3, -0.25) is 0 Å². The third-order valence-electron chi connectivity index (χ3n) is 1.78. The zero-order valence-electron chi connectivity index (χ0n) is 7.94. The molecule has 0 radical (unpaired) electrons. The van der Waals surface area contributed by atoms with Gasteiger partial charge in [-0.1, -0.05) is 0 Å². The smallest absolute Gasteiger partial charge is 0.151 e. The average molecular weight is 180 g/mol. The van der Waals surface area contributed by atoms with Gasteiger partial charge in [0.25, 0.3) is 0 Å². The molecule has 13 heavy (non-hydrogen) atoms. The number of anilines is 1. The molecule has 4 heteroatoms. The van der Waals surface area contributed by atoms with Crippen molar-refractivity contribution in [1.82, 2.24) is 0 Å². The summed E-state index contributed by atoms with van der Waals surface area (Å²) in [6.07, 6.45) is 0. The molecule has 0 aromatic heterocycles. The van der Waals surface area contributed by atoms with Gasteiger partial charge >= 0.3 is 0 Å². The highest BCUT2D eigenvalue weighted by atomic mass is 16.5. The van der Waals surface area contributed by atoms with Crippen LogP contribution in [0.4, 0.5) is 11.4 Å². The molecule has 0 N–H and O–H groups in total. The first kappa shape index (κ1) is 9.51. The van der Waals surface area contributed by atoms with E-state index in [1.165, 1.54) is 7.11 Å². The maximum absolute atomic E-state index is 10.4. The van der Waals surface area contributed by atoms with Crippen LogP contribution in [0.2, 0.25) is 0 Å². The van der Waals surface area contributed by atoms with E-state index in [1.54, 1.807) is 12.1 Å². The molecule has 0 atom stereocenters. The van der Waals surface area contributed by atoms with Gasteiger partial charge in [-0.25, -0.2) is 0 Å². The second kappa shape index (κ2) is 3.89. The standard InChI is InChI=1S/C9H12N2O2/c1-11(2)7-4-5-9(13-3)8(6-7)10-12/h4-6H,1-3H3. The van der Waals surface area contributed by atoms with Gasteiger partial charge in [-0.2, -0.15) is 0 Å². The molecule has 0 aliphatic heterocycles. The summed E-state index contributed by atoms with van der Waals surface area (Å²) in [6, 6.07) is 5.28. The number of nitroso groups, excluding NO2 is 1. The Labute approximate surface area is 77.1 Å². The molecule has 0 amide bonds. The van der Waals surface area contributed by atoms with E-state index in [0.29, 0.717) is 11.4 Å². The summed E-state index contributed by atoms with van der Waals surface area (Å²) >= 11 is 0. The summed E-state index contributed by atoms with van der Waals surface area (Å²) < 4.78 is 4.96. The van der Waals surface area contributed by atoms with Crippen LogP contribution < -0.4 is 9.64 Å². The van der Waals surface area contributed by atoms with Crippen LogP contribution in [0.25, 0.3) is 0 Å². The Morgan fingerprint density at radius 1 is 1.38 bits per heavy atom. The highest BCUT2D eigenvalue weighted by Crippen LogP contribution is 2.30. The highest BCUT2D eigenvalue weighted by molar-refractivity contribution is 5.62. The van der Waals surface area contributed by atoms with Crippen LogP contribution in [0.5, 0.6) is 5.75 Å². The fourth-order valence-electron chi connectivity index (χ4n) is 1.03. The lowest BCUT2D eigenvalue weighted by Crippen LogP contribution is -2.08. The predicted molar refractivity (Wildman–Crippen MR) is 52.8 cm³/mol. The van der Waals surface area contributed by atoms with Crippen LogP contribution in [0.3, 0.4) is 0 Å². The zero-order valence-corrected chi connectivity index (χ0v) is 7.94. The predicted octanol–water partition coefficient (Wildman–Crippen LogP) is 2.16. The molecule has 0 aliphatic carbocycles. The maximum Gasteiger partial charge on any atom is 0.151 e. The van der Waals surface area contributed by atoms with Crippen molar-refractivity contribution in [3.8, 4) is 5.75 Å². The fourth-order valence-corrected chi connectivity index (χ4v) is 1.03. The molecule has 1 rings (SSSR count). The van der Waals surface area contributed by atoms with Crippen LogP contribution in [-0.4, -0.2) is 21.2 Å². The van der Waals surface area contributed by atoms with Crippen molar-refractivity contribution in [2.24, 2.45) is 5.18 Å². The van der Waals surface area contributed by atoms with Gasteiger partial charge in [-0.15, -0.1) is 4.91 Å². The molecule has 0 heterocycles. The molecule has 0 fully saturated rings. The van der Waals surface area contributed by atoms with Gasteiger partial charge in [0.1, 0.15) is 5.75 Å². The largest absolute Gasteiger partial charge is 0.494 e. The average Bonchev–Trinajstić information content (AvgIpc) is 2.16. The Morgan fingerprint density at radius 3 is 2.54 bits per heavy atom. The fraction of sp³-hybridized carbons (Fsp3) is 0.333. The summed E-state index contributed by atoms with van der Waals surface area (Å²) in [7, 11) is 5.31. The monoisotopic (exact) mass is 180 g/mol. The number of nitrogens with zero attached hydrogens (tertiary/aromatic N) is 2. The molecule has 4 nitrogen and oxygen atoms in total. The van der Waals surface area contributed by atoms with E-state index in [2.05, 4.69) is 5.18 Å². The van der Waals surface area contributed by atoms with Crippen LogP contribution in [0.15, 0.2) is 23.4 Å². The second-order valence-electron chi connectivity index (χ2n) is 2.84. The second-order valence-corrected chi connectivity index (χ2v) is 2.84. The summed E-state index contributed by atoms with van der Waals surface area (Å²) in [5.74, 6) is 0.501. The van der Waals surface area contributed by atoms with Crippen LogP contribution >= 0.6 is 0 Å². The Morgan fingerprint density at radius 2 is 2.08 bits per heavy atom. The molecular formula is C9H12N2O2. The third-order valence-corrected chi connectivity index (χ3v) is 1.78. The van der Waals surface area contributed by atoms with Crippen molar-refractivity contribution in [3.63, 3.8) is 0 Å². The molecule has 70 valence electrons. The zero-order chi connectivity index (χ0) is 9.84. The Kier molecular flexibility index (Phi) is 2.84. The molecule has 0 saturated heterocycles. The van der Waals surface area contributed by atoms with Gasteiger partial charge in [0.15, 0.2) is 5.69 Å². The van der Waals surface area contributed by atoms with Gasteiger partial charge in [0.2, 0.25) is 0 Å². The Hall–Kier alpha value is -1.58. The lowest BCUT2D eigenvalue weighted by atomic mass is 10.2. The molecule has 0 saturated carbocycles. The van der Waals surface area contributed by atoms with E-state index in [9.17, 15) is 4.91 Å². The quantitative estimate of drug-likeness (QED) is 0.669. The van der Waals surface area contributed by atoms with Crippen LogP contribution in [-0.2, 0) is 0 Å². The number of rotatable bonds is 3. The summed E-state index contributed by atoms with van der Waals surface area (Å²) in [5.41, 5.74) is 1.25. The highest BCUT2D eigenvalue weighted by Gasteiger charge is 2.04. The number of benzene rings is 1. The van der Waals surface area contributed by atoms with Crippen molar-refractivity contribution in [2.75, 3.05) is 26.1 Å². The van der Waals surface area contributed by atoms with Gasteiger partial charge in [-0.05, 0) is 23.4 Å². The lowest BCUT2D eigenvalue weighted by Gasteiger charge is -2.13. The van der Waals surface area contributed by atoms with Crippen molar-refractivity contribution in [1.29, 1.82) is 0 Å². The van der Waals surface area contributed by atoms with E-state index in [0.717, 1.165) is 5.69 Å². The van der Waals surface area contributed by atoms with Gasteiger partial charge in [0, 0.05) is 19.8 Å². The number of hydrogen-bond acceptors (Lipinski definition) is 4. The first-order valence-corrected chi connectivity index (χ1v) is 3.87. The molecule has 1 aromatic rings. The minimum absolute atomic E-state index is 0.328. The van der Waals surface area contributed by atoms with Gasteiger partial charge in [0.05, 0.1) is 7.11 Å². The topological polar surface area (TPSA) is 41.9 Å². The van der Waals surface area contributed by atoms with E-state index in [1.807, 2.05) is 25.1 Å². The lowest BCUT2D eigenvalue weighted by molar-refractivity contribution is 0.416. The summed E-state index contributed by atoms with van der Waals surface area (Å²) in [5, 5.41) is 2.88. The normalized spacial score (nSPS) is 9.46. The summed E-state index contributed by atoms with van der Waals surface area (Å²) in [4.78, 5) is 12.3. The molecule has 0 unspecified atom stereocenters. The van der Waals surface area contributed by atoms with E-state index in [-0.39, 0.29) is 0 Å². The minimum atomic E-state index is 0.328. The van der Waals surface area contributed by atoms with Crippen molar-refractivity contribution in [2.45, 2.75) is 0 Å². The van der Waals surface area contributed by atoms with Crippen LogP contribution in [0, 0.1) is 4.91 Å².